The summed E-state index contributed by atoms with van der Waals surface area (Å²) in [6, 6.07) is 10.7. The van der Waals surface area contributed by atoms with E-state index >= 15 is 0 Å². The molecule has 5 nitrogen and oxygen atoms in total. The van der Waals surface area contributed by atoms with Gasteiger partial charge in [0, 0.05) is 7.05 Å². The lowest BCUT2D eigenvalue weighted by Gasteiger charge is -2.07. The van der Waals surface area contributed by atoms with Gasteiger partial charge in [-0.1, -0.05) is 41.4 Å². The first kappa shape index (κ1) is 16.8. The van der Waals surface area contributed by atoms with Crippen molar-refractivity contribution in [3.05, 3.63) is 66.7 Å². The standard InChI is InChI=1S/C16H13Cl2N3O2S/c1-9-13(19-15(22)11-8-12(17)24-14(11)18)16(23)21(20(9)2)10-6-4-3-5-7-10/h3-8H,1-2H3,(H,19,22). The Kier molecular flexibility index (Phi) is 4.54. The van der Waals surface area contributed by atoms with E-state index < -0.39 is 5.91 Å². The third-order valence-electron chi connectivity index (χ3n) is 3.69. The van der Waals surface area contributed by atoms with Crippen LogP contribution in [0, 0.1) is 6.92 Å². The molecule has 1 aromatic carbocycles. The number of hydrogen-bond acceptors (Lipinski definition) is 3. The number of carbonyl (C=O) groups excluding carboxylic acids is 1. The summed E-state index contributed by atoms with van der Waals surface area (Å²) >= 11 is 13.0. The van der Waals surface area contributed by atoms with Crippen molar-refractivity contribution in [3.63, 3.8) is 0 Å². The van der Waals surface area contributed by atoms with E-state index in [1.807, 2.05) is 30.3 Å². The summed E-state index contributed by atoms with van der Waals surface area (Å²) in [7, 11) is 1.76. The predicted molar refractivity (Wildman–Crippen MR) is 98.0 cm³/mol. The molecule has 1 N–H and O–H groups in total. The third kappa shape index (κ3) is 2.88. The molecule has 0 aliphatic rings. The van der Waals surface area contributed by atoms with E-state index in [9.17, 15) is 9.59 Å². The topological polar surface area (TPSA) is 56.0 Å². The summed E-state index contributed by atoms with van der Waals surface area (Å²) in [6.07, 6.45) is 0. The van der Waals surface area contributed by atoms with Gasteiger partial charge in [0.1, 0.15) is 10.0 Å². The molecule has 0 aliphatic heterocycles. The number of nitrogens with one attached hydrogen (secondary N) is 1. The van der Waals surface area contributed by atoms with Gasteiger partial charge in [-0.05, 0) is 25.1 Å². The van der Waals surface area contributed by atoms with Crippen LogP contribution >= 0.6 is 34.5 Å². The largest absolute Gasteiger partial charge is 0.316 e. The summed E-state index contributed by atoms with van der Waals surface area (Å²) in [6.45, 7) is 1.76. The predicted octanol–water partition coefficient (Wildman–Crippen LogP) is 4.11. The van der Waals surface area contributed by atoms with Crippen molar-refractivity contribution in [2.75, 3.05) is 5.32 Å². The number of rotatable bonds is 3. The number of hydrogen-bond donors (Lipinski definition) is 1. The summed E-state index contributed by atoms with van der Waals surface area (Å²) in [5.41, 5.74) is 1.50. The Bertz CT molecular complexity index is 973. The average Bonchev–Trinajstić information content (AvgIpc) is 3.00. The Morgan fingerprint density at radius 2 is 1.88 bits per heavy atom. The van der Waals surface area contributed by atoms with Crippen LogP contribution in [-0.4, -0.2) is 15.3 Å². The average molecular weight is 382 g/mol. The summed E-state index contributed by atoms with van der Waals surface area (Å²) in [5.74, 6) is -0.464. The Morgan fingerprint density at radius 3 is 2.46 bits per heavy atom. The number of thiophene rings is 1. The number of para-hydroxylation sites is 1. The van der Waals surface area contributed by atoms with E-state index in [-0.39, 0.29) is 21.1 Å². The summed E-state index contributed by atoms with van der Waals surface area (Å²) in [4.78, 5) is 25.1. The lowest BCUT2D eigenvalue weighted by atomic mass is 10.3. The zero-order valence-electron chi connectivity index (χ0n) is 12.8. The molecule has 0 fully saturated rings. The maximum Gasteiger partial charge on any atom is 0.295 e. The molecule has 2 heterocycles. The molecule has 24 heavy (non-hydrogen) atoms. The highest BCUT2D eigenvalue weighted by molar-refractivity contribution is 7.20. The molecule has 0 saturated heterocycles. The van der Waals surface area contributed by atoms with Crippen molar-refractivity contribution in [1.82, 2.24) is 9.36 Å². The quantitative estimate of drug-likeness (QED) is 0.742. The molecule has 124 valence electrons. The van der Waals surface area contributed by atoms with Crippen molar-refractivity contribution >= 4 is 46.1 Å². The van der Waals surface area contributed by atoms with E-state index in [4.69, 9.17) is 23.2 Å². The van der Waals surface area contributed by atoms with Gasteiger partial charge in [-0.25, -0.2) is 4.68 Å². The minimum Gasteiger partial charge on any atom is -0.316 e. The molecule has 0 radical (unpaired) electrons. The molecular weight excluding hydrogens is 369 g/mol. The maximum absolute atomic E-state index is 12.7. The van der Waals surface area contributed by atoms with Crippen molar-refractivity contribution in [3.8, 4) is 5.69 Å². The van der Waals surface area contributed by atoms with Crippen LogP contribution in [0.5, 0.6) is 0 Å². The SMILES string of the molecule is Cc1c(NC(=O)c2cc(Cl)sc2Cl)c(=O)n(-c2ccccc2)n1C. The van der Waals surface area contributed by atoms with Crippen molar-refractivity contribution < 1.29 is 4.79 Å². The molecule has 0 saturated carbocycles. The number of nitrogens with zero attached hydrogens (tertiary/aromatic N) is 2. The number of aromatic nitrogens is 2. The number of amides is 1. The molecule has 0 bridgehead atoms. The van der Waals surface area contributed by atoms with Crippen LogP contribution in [-0.2, 0) is 7.05 Å². The number of anilines is 1. The van der Waals surface area contributed by atoms with Gasteiger partial charge in [-0.2, -0.15) is 0 Å². The molecule has 0 atom stereocenters. The van der Waals surface area contributed by atoms with E-state index in [1.54, 1.807) is 18.7 Å². The van der Waals surface area contributed by atoms with E-state index in [2.05, 4.69) is 5.32 Å². The highest BCUT2D eigenvalue weighted by Crippen LogP contribution is 2.31. The lowest BCUT2D eigenvalue weighted by molar-refractivity contribution is 0.102. The van der Waals surface area contributed by atoms with Crippen LogP contribution in [0.1, 0.15) is 16.1 Å². The third-order valence-corrected chi connectivity index (χ3v) is 5.18. The molecule has 3 rings (SSSR count). The lowest BCUT2D eigenvalue weighted by Crippen LogP contribution is -2.22. The molecule has 0 aliphatic carbocycles. The second kappa shape index (κ2) is 6.47. The second-order valence-corrected chi connectivity index (χ2v) is 7.41. The maximum atomic E-state index is 12.7. The van der Waals surface area contributed by atoms with Crippen molar-refractivity contribution in [1.29, 1.82) is 0 Å². The normalized spacial score (nSPS) is 10.8. The number of carbonyl (C=O) groups is 1. The van der Waals surface area contributed by atoms with Gasteiger partial charge in [0.05, 0.1) is 21.3 Å². The van der Waals surface area contributed by atoms with Crippen LogP contribution in [0.3, 0.4) is 0 Å². The minimum absolute atomic E-state index is 0.213. The molecule has 1 amide bonds. The highest BCUT2D eigenvalue weighted by atomic mass is 35.5. The Labute approximate surface area is 152 Å². The minimum atomic E-state index is -0.464. The van der Waals surface area contributed by atoms with Gasteiger partial charge < -0.3 is 5.32 Å². The van der Waals surface area contributed by atoms with Crippen molar-refractivity contribution in [2.24, 2.45) is 7.05 Å². The van der Waals surface area contributed by atoms with Gasteiger partial charge in [-0.15, -0.1) is 11.3 Å². The molecule has 0 unspecified atom stereocenters. The number of halogens is 2. The molecular formula is C16H13Cl2N3O2S. The Morgan fingerprint density at radius 1 is 1.21 bits per heavy atom. The van der Waals surface area contributed by atoms with Crippen molar-refractivity contribution in [2.45, 2.75) is 6.92 Å². The molecule has 3 aromatic rings. The van der Waals surface area contributed by atoms with E-state index in [0.717, 1.165) is 11.3 Å². The highest BCUT2D eigenvalue weighted by Gasteiger charge is 2.21. The smallest absolute Gasteiger partial charge is 0.295 e. The van der Waals surface area contributed by atoms with Crippen LogP contribution in [0.4, 0.5) is 5.69 Å². The van der Waals surface area contributed by atoms with Crippen LogP contribution in [0.25, 0.3) is 5.69 Å². The monoisotopic (exact) mass is 381 g/mol. The second-order valence-electron chi connectivity index (χ2n) is 5.13. The van der Waals surface area contributed by atoms with Gasteiger partial charge >= 0.3 is 0 Å². The molecule has 0 spiro atoms. The molecule has 8 heteroatoms. The van der Waals surface area contributed by atoms with Gasteiger partial charge in [-0.3, -0.25) is 14.3 Å². The Balaban J connectivity index is 2.03. The zero-order valence-corrected chi connectivity index (χ0v) is 15.2. The fourth-order valence-corrected chi connectivity index (χ4v) is 3.85. The van der Waals surface area contributed by atoms with Crippen LogP contribution < -0.4 is 10.9 Å². The van der Waals surface area contributed by atoms with Gasteiger partial charge in [0.25, 0.3) is 11.5 Å². The fraction of sp³-hybridized carbons (Fsp3) is 0.125. The Hall–Kier alpha value is -2.02. The van der Waals surface area contributed by atoms with Gasteiger partial charge in [0.2, 0.25) is 0 Å². The first-order valence-corrected chi connectivity index (χ1v) is 8.57. The van der Waals surface area contributed by atoms with E-state index in [0.29, 0.717) is 15.7 Å². The van der Waals surface area contributed by atoms with Crippen LogP contribution in [0.2, 0.25) is 8.67 Å². The summed E-state index contributed by atoms with van der Waals surface area (Å²) in [5, 5.41) is 2.65. The summed E-state index contributed by atoms with van der Waals surface area (Å²) < 4.78 is 3.88. The number of benzene rings is 1. The fourth-order valence-electron chi connectivity index (χ4n) is 2.39. The van der Waals surface area contributed by atoms with E-state index in [1.165, 1.54) is 10.7 Å². The first-order chi connectivity index (χ1) is 11.4. The molecule has 2 aromatic heterocycles. The first-order valence-electron chi connectivity index (χ1n) is 7.00. The zero-order chi connectivity index (χ0) is 17.4. The van der Waals surface area contributed by atoms with Gasteiger partial charge in [0.15, 0.2) is 0 Å². The van der Waals surface area contributed by atoms with Crippen LogP contribution in [0.15, 0.2) is 41.2 Å².